The van der Waals surface area contributed by atoms with Crippen LogP contribution < -0.4 is 10.5 Å². The first-order valence-electron chi connectivity index (χ1n) is 6.96. The summed E-state index contributed by atoms with van der Waals surface area (Å²) in [5, 5.41) is 0.562. The summed E-state index contributed by atoms with van der Waals surface area (Å²) in [5.41, 5.74) is 7.06. The van der Waals surface area contributed by atoms with Crippen LogP contribution in [0, 0.1) is 0 Å². The SMILES string of the molecule is COCCN1C(=O)CCC(N)C1c1c(Cl)cccc1OC. The van der Waals surface area contributed by atoms with Crippen molar-refractivity contribution in [2.45, 2.75) is 24.9 Å². The standard InChI is InChI=1S/C15H21ClN2O3/c1-20-9-8-18-13(19)7-6-11(17)15(18)14-10(16)4-3-5-12(14)21-2/h3-5,11,15H,6-9,17H2,1-2H3. The number of likely N-dealkylation sites (tertiary alicyclic amines) is 1. The molecule has 5 nitrogen and oxygen atoms in total. The van der Waals surface area contributed by atoms with Gasteiger partial charge in [-0.15, -0.1) is 0 Å². The van der Waals surface area contributed by atoms with Crippen LogP contribution >= 0.6 is 11.6 Å². The fraction of sp³-hybridized carbons (Fsp3) is 0.533. The zero-order valence-electron chi connectivity index (χ0n) is 12.3. The number of hydrogen-bond acceptors (Lipinski definition) is 4. The first-order chi connectivity index (χ1) is 10.1. The highest BCUT2D eigenvalue weighted by Gasteiger charge is 2.37. The maximum absolute atomic E-state index is 12.3. The van der Waals surface area contributed by atoms with Crippen LogP contribution in [0.5, 0.6) is 5.75 Å². The summed E-state index contributed by atoms with van der Waals surface area (Å²) >= 11 is 6.35. The summed E-state index contributed by atoms with van der Waals surface area (Å²) in [4.78, 5) is 14.0. The fourth-order valence-electron chi connectivity index (χ4n) is 2.78. The molecule has 1 aromatic carbocycles. The third-order valence-corrected chi connectivity index (χ3v) is 4.15. The lowest BCUT2D eigenvalue weighted by Gasteiger charge is -2.40. The molecule has 116 valence electrons. The highest BCUT2D eigenvalue weighted by molar-refractivity contribution is 6.31. The van der Waals surface area contributed by atoms with Gasteiger partial charge in [-0.1, -0.05) is 17.7 Å². The van der Waals surface area contributed by atoms with E-state index in [1.807, 2.05) is 12.1 Å². The van der Waals surface area contributed by atoms with Crippen molar-refractivity contribution in [1.82, 2.24) is 4.90 Å². The Morgan fingerprint density at radius 2 is 2.19 bits per heavy atom. The second kappa shape index (κ2) is 7.11. The molecular formula is C15H21ClN2O3. The number of piperidine rings is 1. The molecule has 1 amide bonds. The maximum Gasteiger partial charge on any atom is 0.223 e. The molecule has 1 aliphatic heterocycles. The maximum atomic E-state index is 12.3. The van der Waals surface area contributed by atoms with Gasteiger partial charge in [-0.25, -0.2) is 0 Å². The van der Waals surface area contributed by atoms with Crippen molar-refractivity contribution >= 4 is 17.5 Å². The van der Waals surface area contributed by atoms with E-state index in [9.17, 15) is 4.79 Å². The summed E-state index contributed by atoms with van der Waals surface area (Å²) in [7, 11) is 3.20. The highest BCUT2D eigenvalue weighted by Crippen LogP contribution is 2.39. The molecule has 0 saturated carbocycles. The minimum Gasteiger partial charge on any atom is -0.496 e. The van der Waals surface area contributed by atoms with Gasteiger partial charge in [0.1, 0.15) is 5.75 Å². The van der Waals surface area contributed by atoms with E-state index in [1.54, 1.807) is 25.2 Å². The van der Waals surface area contributed by atoms with Gasteiger partial charge in [0.15, 0.2) is 0 Å². The molecule has 0 spiro atoms. The normalized spacial score (nSPS) is 22.5. The Hall–Kier alpha value is -1.30. The number of benzene rings is 1. The monoisotopic (exact) mass is 312 g/mol. The lowest BCUT2D eigenvalue weighted by Crippen LogP contribution is -2.50. The molecule has 1 saturated heterocycles. The Morgan fingerprint density at radius 3 is 2.86 bits per heavy atom. The lowest BCUT2D eigenvalue weighted by atomic mass is 9.90. The van der Waals surface area contributed by atoms with Crippen LogP contribution in [0.15, 0.2) is 18.2 Å². The molecule has 0 aliphatic carbocycles. The second-order valence-electron chi connectivity index (χ2n) is 5.08. The molecule has 2 N–H and O–H groups in total. The number of carbonyl (C=O) groups is 1. The van der Waals surface area contributed by atoms with Crippen LogP contribution in [0.3, 0.4) is 0 Å². The first-order valence-corrected chi connectivity index (χ1v) is 7.34. The number of nitrogens with zero attached hydrogens (tertiary/aromatic N) is 1. The van der Waals surface area contributed by atoms with E-state index in [0.717, 1.165) is 5.56 Å². The molecule has 1 heterocycles. The molecule has 0 aromatic heterocycles. The molecule has 2 rings (SSSR count). The molecule has 2 unspecified atom stereocenters. The zero-order valence-corrected chi connectivity index (χ0v) is 13.1. The van der Waals surface area contributed by atoms with Crippen LogP contribution in [0.1, 0.15) is 24.4 Å². The molecule has 21 heavy (non-hydrogen) atoms. The number of halogens is 1. The summed E-state index contributed by atoms with van der Waals surface area (Å²) < 4.78 is 10.5. The summed E-state index contributed by atoms with van der Waals surface area (Å²) in [5.74, 6) is 0.723. The first kappa shape index (κ1) is 16.1. The van der Waals surface area contributed by atoms with E-state index in [4.69, 9.17) is 26.8 Å². The van der Waals surface area contributed by atoms with E-state index in [-0.39, 0.29) is 18.0 Å². The predicted molar refractivity (Wildman–Crippen MR) is 81.5 cm³/mol. The van der Waals surface area contributed by atoms with Crippen LogP contribution in [0.25, 0.3) is 0 Å². The predicted octanol–water partition coefficient (Wildman–Crippen LogP) is 1.99. The quantitative estimate of drug-likeness (QED) is 0.903. The van der Waals surface area contributed by atoms with E-state index >= 15 is 0 Å². The number of methoxy groups -OCH3 is 2. The summed E-state index contributed by atoms with van der Waals surface area (Å²) in [6, 6.07) is 4.99. The van der Waals surface area contributed by atoms with Gasteiger partial charge in [-0.3, -0.25) is 4.79 Å². The van der Waals surface area contributed by atoms with Gasteiger partial charge >= 0.3 is 0 Å². The number of rotatable bonds is 5. The Balaban J connectivity index is 2.43. The number of hydrogen-bond donors (Lipinski definition) is 1. The number of nitrogens with two attached hydrogens (primary N) is 1. The van der Waals surface area contributed by atoms with Gasteiger partial charge in [0.05, 0.1) is 19.8 Å². The van der Waals surface area contributed by atoms with Gasteiger partial charge in [-0.2, -0.15) is 0 Å². The van der Waals surface area contributed by atoms with Crippen molar-refractivity contribution in [3.05, 3.63) is 28.8 Å². The smallest absolute Gasteiger partial charge is 0.223 e. The molecule has 1 fully saturated rings. The molecule has 2 atom stereocenters. The molecule has 1 aliphatic rings. The fourth-order valence-corrected chi connectivity index (χ4v) is 3.06. The van der Waals surface area contributed by atoms with Gasteiger partial charge in [0.2, 0.25) is 5.91 Å². The Labute approximate surface area is 130 Å². The van der Waals surface area contributed by atoms with Crippen molar-refractivity contribution in [3.63, 3.8) is 0 Å². The van der Waals surface area contributed by atoms with Gasteiger partial charge in [-0.05, 0) is 18.6 Å². The molecule has 1 aromatic rings. The number of ether oxygens (including phenoxy) is 2. The third-order valence-electron chi connectivity index (χ3n) is 3.82. The van der Waals surface area contributed by atoms with E-state index in [0.29, 0.717) is 36.8 Å². The Morgan fingerprint density at radius 1 is 1.43 bits per heavy atom. The van der Waals surface area contributed by atoms with Crippen molar-refractivity contribution in [2.24, 2.45) is 5.73 Å². The summed E-state index contributed by atoms with van der Waals surface area (Å²) in [6.45, 7) is 0.948. The zero-order chi connectivity index (χ0) is 15.4. The minimum atomic E-state index is -0.287. The van der Waals surface area contributed by atoms with Crippen LogP contribution in [0.2, 0.25) is 5.02 Å². The van der Waals surface area contributed by atoms with Crippen molar-refractivity contribution in [3.8, 4) is 5.75 Å². The highest BCUT2D eigenvalue weighted by atomic mass is 35.5. The largest absolute Gasteiger partial charge is 0.496 e. The van der Waals surface area contributed by atoms with E-state index < -0.39 is 0 Å². The van der Waals surface area contributed by atoms with Crippen molar-refractivity contribution in [2.75, 3.05) is 27.4 Å². The molecule has 6 heteroatoms. The average Bonchev–Trinajstić information content (AvgIpc) is 2.48. The van der Waals surface area contributed by atoms with Crippen LogP contribution in [-0.2, 0) is 9.53 Å². The van der Waals surface area contributed by atoms with E-state index in [2.05, 4.69) is 0 Å². The van der Waals surface area contributed by atoms with Crippen molar-refractivity contribution in [1.29, 1.82) is 0 Å². The summed E-state index contributed by atoms with van der Waals surface area (Å²) in [6.07, 6.45) is 1.09. The number of amides is 1. The lowest BCUT2D eigenvalue weighted by molar-refractivity contribution is -0.138. The van der Waals surface area contributed by atoms with Gasteiger partial charge < -0.3 is 20.1 Å². The average molecular weight is 313 g/mol. The molecule has 0 radical (unpaired) electrons. The minimum absolute atomic E-state index is 0.0701. The van der Waals surface area contributed by atoms with Gasteiger partial charge in [0, 0.05) is 36.7 Å². The molecular weight excluding hydrogens is 292 g/mol. The van der Waals surface area contributed by atoms with Crippen molar-refractivity contribution < 1.29 is 14.3 Å². The Bertz CT molecular complexity index is 510. The Kier molecular flexibility index (Phi) is 5.45. The van der Waals surface area contributed by atoms with Gasteiger partial charge in [0.25, 0.3) is 0 Å². The van der Waals surface area contributed by atoms with Crippen LogP contribution in [0.4, 0.5) is 0 Å². The topological polar surface area (TPSA) is 64.8 Å². The second-order valence-corrected chi connectivity index (χ2v) is 5.49. The third kappa shape index (κ3) is 3.31. The number of carbonyl (C=O) groups excluding carboxylic acids is 1. The van der Waals surface area contributed by atoms with Crippen LogP contribution in [-0.4, -0.2) is 44.2 Å². The molecule has 0 bridgehead atoms. The van der Waals surface area contributed by atoms with E-state index in [1.165, 1.54) is 0 Å².